The van der Waals surface area contributed by atoms with Gasteiger partial charge in [-0.15, -0.1) is 0 Å². The standard InChI is InChI=1S/C15H9ClF6N3O/c16-9-4-10(17)13(25(26)6-9)11-3-8-1-2-24(12(8)5-23-11)7-14(18,19)15(20,21)22/h1-6,26H,7H2/q+1. The number of fused-ring (bicyclic) bond motifs is 1. The van der Waals surface area contributed by atoms with Crippen LogP contribution < -0.4 is 4.73 Å². The van der Waals surface area contributed by atoms with Gasteiger partial charge in [-0.25, -0.2) is 4.98 Å². The lowest BCUT2D eigenvalue weighted by Crippen LogP contribution is -2.40. The predicted octanol–water partition coefficient (Wildman–Crippen LogP) is 4.22. The Morgan fingerprint density at radius 2 is 1.88 bits per heavy atom. The SMILES string of the molecule is O[n+]1cc(Cl)cc(F)c1-c1cc2ccn(CC(F)(F)C(F)(F)F)c2cn1. The van der Waals surface area contributed by atoms with Crippen molar-refractivity contribution in [3.8, 4) is 11.4 Å². The Morgan fingerprint density at radius 1 is 1.19 bits per heavy atom. The summed E-state index contributed by atoms with van der Waals surface area (Å²) in [7, 11) is 0. The summed E-state index contributed by atoms with van der Waals surface area (Å²) < 4.78 is 78.7. The first kappa shape index (κ1) is 18.3. The molecule has 11 heteroatoms. The summed E-state index contributed by atoms with van der Waals surface area (Å²) in [5, 5.41) is 9.93. The van der Waals surface area contributed by atoms with Gasteiger partial charge in [0.25, 0.3) is 0 Å². The van der Waals surface area contributed by atoms with Crippen LogP contribution in [-0.2, 0) is 6.54 Å². The molecule has 26 heavy (non-hydrogen) atoms. The van der Waals surface area contributed by atoms with Crippen molar-refractivity contribution in [2.24, 2.45) is 0 Å². The molecule has 0 radical (unpaired) electrons. The van der Waals surface area contributed by atoms with Crippen molar-refractivity contribution in [2.45, 2.75) is 18.6 Å². The molecule has 3 rings (SSSR count). The van der Waals surface area contributed by atoms with Crippen LogP contribution >= 0.6 is 11.6 Å². The fraction of sp³-hybridized carbons (Fsp3) is 0.200. The second kappa shape index (κ2) is 6.04. The minimum atomic E-state index is -5.69. The zero-order chi connectivity index (χ0) is 19.3. The monoisotopic (exact) mass is 396 g/mol. The van der Waals surface area contributed by atoms with Crippen LogP contribution in [0.4, 0.5) is 26.3 Å². The summed E-state index contributed by atoms with van der Waals surface area (Å²) in [6.07, 6.45) is -2.61. The smallest absolute Gasteiger partial charge is 0.340 e. The molecule has 0 spiro atoms. The maximum Gasteiger partial charge on any atom is 0.455 e. The molecule has 0 unspecified atom stereocenters. The highest BCUT2D eigenvalue weighted by Crippen LogP contribution is 2.37. The van der Waals surface area contributed by atoms with E-state index in [1.54, 1.807) is 0 Å². The summed E-state index contributed by atoms with van der Waals surface area (Å²) >= 11 is 5.60. The molecule has 0 amide bonds. The van der Waals surface area contributed by atoms with Gasteiger partial charge in [-0.3, -0.25) is 5.21 Å². The lowest BCUT2D eigenvalue weighted by atomic mass is 10.2. The zero-order valence-electron chi connectivity index (χ0n) is 12.6. The van der Waals surface area contributed by atoms with Crippen molar-refractivity contribution in [3.63, 3.8) is 0 Å². The van der Waals surface area contributed by atoms with Crippen LogP contribution in [0.2, 0.25) is 5.02 Å². The molecule has 3 aromatic rings. The van der Waals surface area contributed by atoms with Gasteiger partial charge in [0.1, 0.15) is 10.7 Å². The van der Waals surface area contributed by atoms with Gasteiger partial charge >= 0.3 is 17.8 Å². The van der Waals surface area contributed by atoms with Gasteiger partial charge in [0.2, 0.25) is 12.0 Å². The first-order valence-corrected chi connectivity index (χ1v) is 7.37. The van der Waals surface area contributed by atoms with Crippen molar-refractivity contribution >= 4 is 22.5 Å². The summed E-state index contributed by atoms with van der Waals surface area (Å²) in [5.74, 6) is -5.82. The van der Waals surface area contributed by atoms with E-state index in [-0.39, 0.29) is 27.3 Å². The van der Waals surface area contributed by atoms with Gasteiger partial charge in [-0.05, 0) is 12.1 Å². The molecule has 0 bridgehead atoms. The van der Waals surface area contributed by atoms with Gasteiger partial charge in [0.15, 0.2) is 0 Å². The molecule has 0 saturated heterocycles. The quantitative estimate of drug-likeness (QED) is 0.409. The fourth-order valence-electron chi connectivity index (χ4n) is 2.42. The van der Waals surface area contributed by atoms with E-state index in [1.807, 2.05) is 0 Å². The Hall–Kier alpha value is -2.49. The molecule has 0 fully saturated rings. The van der Waals surface area contributed by atoms with Crippen molar-refractivity contribution in [1.29, 1.82) is 0 Å². The Labute approximate surface area is 146 Å². The topological polar surface area (TPSA) is 41.9 Å². The third-order valence-electron chi connectivity index (χ3n) is 3.65. The maximum atomic E-state index is 14.0. The summed E-state index contributed by atoms with van der Waals surface area (Å²) in [6.45, 7) is -1.61. The molecule has 1 N–H and O–H groups in total. The van der Waals surface area contributed by atoms with Gasteiger partial charge in [0.05, 0.1) is 18.3 Å². The Balaban J connectivity index is 2.03. The molecule has 0 aliphatic rings. The van der Waals surface area contributed by atoms with Crippen LogP contribution in [0.15, 0.2) is 36.8 Å². The predicted molar refractivity (Wildman–Crippen MR) is 78.5 cm³/mol. The van der Waals surface area contributed by atoms with E-state index in [2.05, 4.69) is 4.98 Å². The van der Waals surface area contributed by atoms with Gasteiger partial charge < -0.3 is 4.57 Å². The van der Waals surface area contributed by atoms with Crippen LogP contribution in [0.25, 0.3) is 22.3 Å². The Bertz CT molecular complexity index is 962. The number of aromatic nitrogens is 3. The van der Waals surface area contributed by atoms with Crippen molar-refractivity contribution in [1.82, 2.24) is 9.55 Å². The van der Waals surface area contributed by atoms with Crippen LogP contribution in [0.3, 0.4) is 0 Å². The van der Waals surface area contributed by atoms with E-state index in [9.17, 15) is 31.5 Å². The molecule has 3 aromatic heterocycles. The van der Waals surface area contributed by atoms with E-state index in [0.717, 1.165) is 24.7 Å². The molecular weight excluding hydrogens is 388 g/mol. The fourth-order valence-corrected chi connectivity index (χ4v) is 2.60. The van der Waals surface area contributed by atoms with Crippen LogP contribution in [0.5, 0.6) is 0 Å². The molecule has 0 aliphatic carbocycles. The number of nitrogens with zero attached hydrogens (tertiary/aromatic N) is 3. The van der Waals surface area contributed by atoms with E-state index in [1.165, 1.54) is 12.1 Å². The first-order chi connectivity index (χ1) is 12.0. The second-order valence-corrected chi connectivity index (χ2v) is 5.91. The highest BCUT2D eigenvalue weighted by atomic mass is 35.5. The van der Waals surface area contributed by atoms with E-state index < -0.39 is 24.5 Å². The number of hydrogen-bond donors (Lipinski definition) is 1. The maximum absolute atomic E-state index is 14.0. The molecule has 4 nitrogen and oxygen atoms in total. The second-order valence-electron chi connectivity index (χ2n) is 5.47. The number of hydrogen-bond acceptors (Lipinski definition) is 2. The molecular formula is C15H9ClF6N3O+. The van der Waals surface area contributed by atoms with Crippen molar-refractivity contribution in [2.75, 3.05) is 0 Å². The average molecular weight is 397 g/mol. The summed E-state index contributed by atoms with van der Waals surface area (Å²) in [4.78, 5) is 3.84. The molecule has 0 saturated carbocycles. The average Bonchev–Trinajstić information content (AvgIpc) is 2.87. The highest BCUT2D eigenvalue weighted by molar-refractivity contribution is 6.30. The molecule has 0 aromatic carbocycles. The lowest BCUT2D eigenvalue weighted by molar-refractivity contribution is -0.897. The third-order valence-corrected chi connectivity index (χ3v) is 3.86. The molecule has 0 aliphatic heterocycles. The van der Waals surface area contributed by atoms with Crippen molar-refractivity contribution in [3.05, 3.63) is 47.6 Å². The van der Waals surface area contributed by atoms with Crippen LogP contribution in [-0.4, -0.2) is 26.9 Å². The number of halogens is 7. The van der Waals surface area contributed by atoms with E-state index in [0.29, 0.717) is 9.30 Å². The zero-order valence-corrected chi connectivity index (χ0v) is 13.4. The Morgan fingerprint density at radius 3 is 2.50 bits per heavy atom. The molecule has 3 heterocycles. The van der Waals surface area contributed by atoms with Crippen LogP contribution in [0.1, 0.15) is 0 Å². The van der Waals surface area contributed by atoms with Gasteiger partial charge in [-0.1, -0.05) is 11.6 Å². The first-order valence-electron chi connectivity index (χ1n) is 6.99. The molecule has 138 valence electrons. The lowest BCUT2D eigenvalue weighted by Gasteiger charge is -2.20. The number of alkyl halides is 5. The number of rotatable bonds is 3. The van der Waals surface area contributed by atoms with Crippen LogP contribution in [0, 0.1) is 5.82 Å². The number of pyridine rings is 2. The van der Waals surface area contributed by atoms with Crippen molar-refractivity contribution < 1.29 is 36.3 Å². The minimum Gasteiger partial charge on any atom is -0.340 e. The van der Waals surface area contributed by atoms with Gasteiger partial charge in [-0.2, -0.15) is 26.3 Å². The van der Waals surface area contributed by atoms with E-state index >= 15 is 0 Å². The summed E-state index contributed by atoms with van der Waals surface area (Å²) in [6, 6.07) is 3.46. The molecule has 0 atom stereocenters. The Kier molecular flexibility index (Phi) is 4.26. The van der Waals surface area contributed by atoms with E-state index in [4.69, 9.17) is 11.6 Å². The largest absolute Gasteiger partial charge is 0.455 e. The highest BCUT2D eigenvalue weighted by Gasteiger charge is 2.57. The third kappa shape index (κ3) is 3.16. The minimum absolute atomic E-state index is 0.00321. The summed E-state index contributed by atoms with van der Waals surface area (Å²) in [5.41, 5.74) is -0.407. The normalized spacial score (nSPS) is 12.7. The van der Waals surface area contributed by atoms with Gasteiger partial charge in [0, 0.05) is 22.4 Å².